The summed E-state index contributed by atoms with van der Waals surface area (Å²) in [6.45, 7) is 10.1. The van der Waals surface area contributed by atoms with E-state index >= 15 is 0 Å². The number of amides is 1. The Morgan fingerprint density at radius 2 is 2.19 bits per heavy atom. The molecule has 1 amide bonds. The number of nitrogens with zero attached hydrogens (tertiary/aromatic N) is 1. The van der Waals surface area contributed by atoms with Crippen LogP contribution in [0, 0.1) is 5.92 Å². The van der Waals surface area contributed by atoms with E-state index < -0.39 is 5.60 Å². The van der Waals surface area contributed by atoms with Crippen LogP contribution in [-0.2, 0) is 11.3 Å². The number of hydrogen-bond donors (Lipinski definition) is 1. The number of halogens is 1. The van der Waals surface area contributed by atoms with Crippen molar-refractivity contribution in [3.63, 3.8) is 0 Å². The number of hydrogen-bond acceptors (Lipinski definition) is 4. The van der Waals surface area contributed by atoms with Crippen molar-refractivity contribution >= 4 is 33.4 Å². The summed E-state index contributed by atoms with van der Waals surface area (Å²) in [6.07, 6.45) is -0.268. The Labute approximate surface area is 140 Å². The monoisotopic (exact) mass is 376 g/mol. The lowest BCUT2D eigenvalue weighted by Crippen LogP contribution is -2.38. The lowest BCUT2D eigenvalue weighted by atomic mass is 10.1. The fourth-order valence-electron chi connectivity index (χ4n) is 1.83. The maximum absolute atomic E-state index is 11.9. The van der Waals surface area contributed by atoms with Crippen LogP contribution in [0.2, 0.25) is 0 Å². The van der Waals surface area contributed by atoms with Gasteiger partial charge in [0.2, 0.25) is 0 Å². The molecule has 21 heavy (non-hydrogen) atoms. The Bertz CT molecular complexity index is 457. The van der Waals surface area contributed by atoms with Crippen LogP contribution < -0.4 is 5.32 Å². The number of carbonyl (C=O) groups is 1. The summed E-state index contributed by atoms with van der Waals surface area (Å²) in [5, 5.41) is 5.49. The molecule has 1 heterocycles. The number of carbonyl (C=O) groups excluding carboxylic acids is 1. The van der Waals surface area contributed by atoms with Gasteiger partial charge in [-0.3, -0.25) is 0 Å². The van der Waals surface area contributed by atoms with E-state index in [9.17, 15) is 4.79 Å². The fourth-order valence-corrected chi connectivity index (χ4v) is 3.29. The largest absolute Gasteiger partial charge is 0.444 e. The predicted octanol–water partition coefficient (Wildman–Crippen LogP) is 4.10. The first-order valence-corrected chi connectivity index (χ1v) is 8.73. The average molecular weight is 377 g/mol. The molecule has 1 aromatic heterocycles. The molecule has 1 atom stereocenters. The summed E-state index contributed by atoms with van der Waals surface area (Å²) in [5.74, 6) is 0.362. The Morgan fingerprint density at radius 1 is 1.52 bits per heavy atom. The van der Waals surface area contributed by atoms with Gasteiger partial charge in [0, 0.05) is 29.5 Å². The Hall–Kier alpha value is -0.590. The van der Waals surface area contributed by atoms with Crippen molar-refractivity contribution in [1.29, 1.82) is 0 Å². The molecule has 4 nitrogen and oxygen atoms in total. The lowest BCUT2D eigenvalue weighted by molar-refractivity contribution is 0.0277. The van der Waals surface area contributed by atoms with Gasteiger partial charge >= 0.3 is 6.09 Å². The number of nitrogens with one attached hydrogen (secondary N) is 1. The first-order valence-electron chi connectivity index (χ1n) is 7.05. The number of rotatable bonds is 6. The van der Waals surface area contributed by atoms with Crippen molar-refractivity contribution in [3.05, 3.63) is 20.8 Å². The first-order chi connectivity index (χ1) is 9.69. The van der Waals surface area contributed by atoms with Gasteiger partial charge in [-0.25, -0.2) is 4.79 Å². The molecule has 6 heteroatoms. The second-order valence-electron chi connectivity index (χ2n) is 6.29. The highest BCUT2D eigenvalue weighted by Gasteiger charge is 2.20. The Balaban J connectivity index is 2.28. The van der Waals surface area contributed by atoms with Crippen LogP contribution in [0.5, 0.6) is 0 Å². The van der Waals surface area contributed by atoms with Gasteiger partial charge in [0.05, 0.1) is 0 Å². The van der Waals surface area contributed by atoms with Crippen molar-refractivity contribution in [1.82, 2.24) is 10.2 Å². The van der Waals surface area contributed by atoms with Gasteiger partial charge in [0.15, 0.2) is 0 Å². The highest BCUT2D eigenvalue weighted by atomic mass is 79.9. The van der Waals surface area contributed by atoms with Gasteiger partial charge in [0.25, 0.3) is 0 Å². The van der Waals surface area contributed by atoms with Crippen molar-refractivity contribution in [2.24, 2.45) is 5.92 Å². The van der Waals surface area contributed by atoms with Crippen LogP contribution in [0.25, 0.3) is 0 Å². The molecule has 1 rings (SSSR count). The zero-order chi connectivity index (χ0) is 16.0. The van der Waals surface area contributed by atoms with Gasteiger partial charge in [-0.15, -0.1) is 11.3 Å². The summed E-state index contributed by atoms with van der Waals surface area (Å²) in [7, 11) is 1.78. The van der Waals surface area contributed by atoms with Crippen LogP contribution >= 0.6 is 27.3 Å². The van der Waals surface area contributed by atoms with E-state index in [1.54, 1.807) is 23.3 Å². The molecular formula is C15H25BrN2O2S. The molecule has 0 spiro atoms. The standard InChI is InChI=1S/C15H25BrN2O2S/c1-11(8-17-9-13-12(16)6-7-21-13)10-18(5)14(19)20-15(2,3)4/h6-7,11,17H,8-10H2,1-5H3. The predicted molar refractivity (Wildman–Crippen MR) is 91.8 cm³/mol. The van der Waals surface area contributed by atoms with Gasteiger partial charge in [0.1, 0.15) is 5.60 Å². The zero-order valence-corrected chi connectivity index (χ0v) is 15.8. The molecule has 0 fully saturated rings. The minimum atomic E-state index is -0.446. The third-order valence-corrected chi connectivity index (χ3v) is 4.69. The zero-order valence-electron chi connectivity index (χ0n) is 13.4. The maximum atomic E-state index is 11.9. The normalized spacial score (nSPS) is 13.0. The minimum Gasteiger partial charge on any atom is -0.444 e. The van der Waals surface area contributed by atoms with E-state index in [0.29, 0.717) is 12.5 Å². The SMILES string of the molecule is CC(CNCc1sccc1Br)CN(C)C(=O)OC(C)(C)C. The van der Waals surface area contributed by atoms with Gasteiger partial charge in [-0.1, -0.05) is 6.92 Å². The smallest absolute Gasteiger partial charge is 0.410 e. The third-order valence-electron chi connectivity index (χ3n) is 2.76. The second-order valence-corrected chi connectivity index (χ2v) is 8.14. The molecule has 0 saturated heterocycles. The quantitative estimate of drug-likeness (QED) is 0.812. The molecule has 0 aliphatic carbocycles. The van der Waals surface area contributed by atoms with E-state index in [4.69, 9.17) is 4.74 Å². The van der Waals surface area contributed by atoms with Crippen molar-refractivity contribution in [3.8, 4) is 0 Å². The topological polar surface area (TPSA) is 41.6 Å². The van der Waals surface area contributed by atoms with Gasteiger partial charge < -0.3 is 15.0 Å². The molecule has 0 aliphatic rings. The van der Waals surface area contributed by atoms with Crippen LogP contribution in [0.4, 0.5) is 4.79 Å². The highest BCUT2D eigenvalue weighted by molar-refractivity contribution is 9.10. The summed E-state index contributed by atoms with van der Waals surface area (Å²) < 4.78 is 6.49. The summed E-state index contributed by atoms with van der Waals surface area (Å²) >= 11 is 5.25. The summed E-state index contributed by atoms with van der Waals surface area (Å²) in [6, 6.07) is 2.06. The fraction of sp³-hybridized carbons (Fsp3) is 0.667. The van der Waals surface area contributed by atoms with E-state index in [1.807, 2.05) is 20.8 Å². The minimum absolute atomic E-state index is 0.268. The van der Waals surface area contributed by atoms with Crippen molar-refractivity contribution < 1.29 is 9.53 Å². The first kappa shape index (κ1) is 18.5. The third kappa shape index (κ3) is 7.29. The molecule has 0 bridgehead atoms. The van der Waals surface area contributed by atoms with E-state index in [0.717, 1.165) is 17.6 Å². The van der Waals surface area contributed by atoms with E-state index in [1.165, 1.54) is 4.88 Å². The number of ether oxygens (including phenoxy) is 1. The van der Waals surface area contributed by atoms with Crippen molar-refractivity contribution in [2.75, 3.05) is 20.1 Å². The molecular weight excluding hydrogens is 352 g/mol. The molecule has 0 aliphatic heterocycles. The highest BCUT2D eigenvalue weighted by Crippen LogP contribution is 2.22. The second kappa shape index (κ2) is 8.15. The van der Waals surface area contributed by atoms with Gasteiger partial charge in [-0.05, 0) is 60.6 Å². The van der Waals surface area contributed by atoms with E-state index in [-0.39, 0.29) is 6.09 Å². The van der Waals surface area contributed by atoms with Crippen LogP contribution in [0.3, 0.4) is 0 Å². The molecule has 0 saturated carbocycles. The Morgan fingerprint density at radius 3 is 2.71 bits per heavy atom. The van der Waals surface area contributed by atoms with Gasteiger partial charge in [-0.2, -0.15) is 0 Å². The molecule has 1 aromatic rings. The molecule has 0 aromatic carbocycles. The molecule has 1 unspecified atom stereocenters. The van der Waals surface area contributed by atoms with Crippen LogP contribution in [0.15, 0.2) is 15.9 Å². The molecule has 1 N–H and O–H groups in total. The van der Waals surface area contributed by atoms with Crippen LogP contribution in [0.1, 0.15) is 32.6 Å². The van der Waals surface area contributed by atoms with E-state index in [2.05, 4.69) is 39.6 Å². The maximum Gasteiger partial charge on any atom is 0.410 e. The molecule has 120 valence electrons. The number of thiophene rings is 1. The molecule has 0 radical (unpaired) electrons. The summed E-state index contributed by atoms with van der Waals surface area (Å²) in [5.41, 5.74) is -0.446. The summed E-state index contributed by atoms with van der Waals surface area (Å²) in [4.78, 5) is 14.8. The Kier molecular flexibility index (Phi) is 7.16. The van der Waals surface area contributed by atoms with Crippen molar-refractivity contribution in [2.45, 2.75) is 39.8 Å². The average Bonchev–Trinajstić information content (AvgIpc) is 2.73. The van der Waals surface area contributed by atoms with Crippen LogP contribution in [-0.4, -0.2) is 36.7 Å². The lowest BCUT2D eigenvalue weighted by Gasteiger charge is -2.26.